The number of anilines is 2. The van der Waals surface area contributed by atoms with Crippen LogP contribution >= 0.6 is 0 Å². The highest BCUT2D eigenvalue weighted by Crippen LogP contribution is 2.45. The number of hydrogen-bond donors (Lipinski definition) is 2. The van der Waals surface area contributed by atoms with Crippen LogP contribution in [0.3, 0.4) is 0 Å². The summed E-state index contributed by atoms with van der Waals surface area (Å²) in [7, 11) is 1.91. The molecule has 3 heterocycles. The largest absolute Gasteiger partial charge is 0.483 e. The van der Waals surface area contributed by atoms with Crippen LogP contribution in [0.5, 0.6) is 5.75 Å². The molecule has 0 aliphatic carbocycles. The number of likely N-dealkylation sites (N-methyl/N-ethyl adjacent to an activating group) is 1. The summed E-state index contributed by atoms with van der Waals surface area (Å²) in [4.78, 5) is 15.6. The Bertz CT molecular complexity index is 833. The van der Waals surface area contributed by atoms with Gasteiger partial charge in [-0.3, -0.25) is 4.79 Å². The lowest BCUT2D eigenvalue weighted by Crippen LogP contribution is -2.62. The van der Waals surface area contributed by atoms with Crippen molar-refractivity contribution in [3.05, 3.63) is 17.7 Å². The van der Waals surface area contributed by atoms with Crippen molar-refractivity contribution in [3.8, 4) is 5.75 Å². The molecule has 0 radical (unpaired) electrons. The van der Waals surface area contributed by atoms with E-state index in [4.69, 9.17) is 4.74 Å². The Morgan fingerprint density at radius 3 is 2.70 bits per heavy atom. The number of benzene rings is 1. The molecule has 1 atom stereocenters. The van der Waals surface area contributed by atoms with E-state index in [-0.39, 0.29) is 24.0 Å². The van der Waals surface area contributed by atoms with Crippen LogP contribution in [0.2, 0.25) is 0 Å². The normalized spacial score (nSPS) is 24.1. The number of carbonyl (C=O) groups is 1. The summed E-state index contributed by atoms with van der Waals surface area (Å²) in [5, 5.41) is 7.01. The van der Waals surface area contributed by atoms with E-state index in [1.165, 1.54) is 6.07 Å². The lowest BCUT2D eigenvalue weighted by molar-refractivity contribution is -0.137. The number of nitrogens with zero attached hydrogens (tertiary/aromatic N) is 3. The standard InChI is InChI=1S/C17H20F3N5O2/c1-9-15(26)23-22-14-6-27-13-4-10(17(18,19)20)11(5-12(13)25(9)14)21-16(2)7-24(3)8-16/h4-5,9,21H,6-8H2,1-3H3,(H,23,26)/t9-/m0/s1. The topological polar surface area (TPSA) is 69.2 Å². The second kappa shape index (κ2) is 5.75. The number of likely N-dealkylation sites (tertiary alicyclic amines) is 1. The molecule has 4 rings (SSSR count). The summed E-state index contributed by atoms with van der Waals surface area (Å²) in [6.45, 7) is 4.81. The van der Waals surface area contributed by atoms with Gasteiger partial charge in [-0.25, -0.2) is 5.43 Å². The van der Waals surface area contributed by atoms with Gasteiger partial charge in [-0.15, -0.1) is 0 Å². The molecule has 1 amide bonds. The van der Waals surface area contributed by atoms with Crippen LogP contribution in [0.15, 0.2) is 17.2 Å². The first-order chi connectivity index (χ1) is 12.6. The molecule has 27 heavy (non-hydrogen) atoms. The molecule has 2 N–H and O–H groups in total. The number of amidine groups is 1. The van der Waals surface area contributed by atoms with Gasteiger partial charge in [0.1, 0.15) is 18.4 Å². The van der Waals surface area contributed by atoms with Gasteiger partial charge in [0.25, 0.3) is 5.91 Å². The van der Waals surface area contributed by atoms with Crippen LogP contribution in [0.4, 0.5) is 24.5 Å². The van der Waals surface area contributed by atoms with Crippen molar-refractivity contribution in [2.75, 3.05) is 37.0 Å². The molecule has 3 aliphatic rings. The zero-order chi connectivity index (χ0) is 19.6. The predicted octanol–water partition coefficient (Wildman–Crippen LogP) is 1.85. The molecule has 0 unspecified atom stereocenters. The van der Waals surface area contributed by atoms with Gasteiger partial charge in [-0.05, 0) is 33.0 Å². The molecular formula is C17H20F3N5O2. The summed E-state index contributed by atoms with van der Waals surface area (Å²) in [6.07, 6.45) is -4.54. The highest BCUT2D eigenvalue weighted by molar-refractivity contribution is 6.09. The Hall–Kier alpha value is -2.49. The first kappa shape index (κ1) is 17.9. The number of carbonyl (C=O) groups excluding carboxylic acids is 1. The van der Waals surface area contributed by atoms with Crippen LogP contribution in [0, 0.1) is 0 Å². The Morgan fingerprint density at radius 1 is 1.37 bits per heavy atom. The number of alkyl halides is 3. The van der Waals surface area contributed by atoms with Gasteiger partial charge in [0.2, 0.25) is 0 Å². The van der Waals surface area contributed by atoms with Gasteiger partial charge in [0.15, 0.2) is 5.84 Å². The van der Waals surface area contributed by atoms with Crippen molar-refractivity contribution in [2.24, 2.45) is 5.10 Å². The minimum atomic E-state index is -4.54. The molecule has 146 valence electrons. The molecule has 1 aromatic carbocycles. The van der Waals surface area contributed by atoms with Gasteiger partial charge in [0.05, 0.1) is 16.8 Å². The molecule has 1 saturated heterocycles. The van der Waals surface area contributed by atoms with E-state index in [2.05, 4.69) is 15.8 Å². The molecule has 1 fully saturated rings. The van der Waals surface area contributed by atoms with E-state index in [1.807, 2.05) is 18.9 Å². The third-order valence-corrected chi connectivity index (χ3v) is 5.04. The van der Waals surface area contributed by atoms with Crippen molar-refractivity contribution in [3.63, 3.8) is 0 Å². The average Bonchev–Trinajstić information content (AvgIpc) is 2.55. The molecule has 10 heteroatoms. The third-order valence-electron chi connectivity index (χ3n) is 5.04. The van der Waals surface area contributed by atoms with E-state index >= 15 is 0 Å². The quantitative estimate of drug-likeness (QED) is 0.816. The van der Waals surface area contributed by atoms with Crippen molar-refractivity contribution in [1.82, 2.24) is 10.3 Å². The van der Waals surface area contributed by atoms with Crippen LogP contribution < -0.4 is 20.4 Å². The van der Waals surface area contributed by atoms with Gasteiger partial charge < -0.3 is 19.9 Å². The number of hydrogen-bond acceptors (Lipinski definition) is 6. The number of amides is 1. The Balaban J connectivity index is 1.80. The van der Waals surface area contributed by atoms with E-state index in [0.29, 0.717) is 24.6 Å². The minimum Gasteiger partial charge on any atom is -0.483 e. The summed E-state index contributed by atoms with van der Waals surface area (Å²) in [5.74, 6) is 0.216. The third kappa shape index (κ3) is 2.97. The lowest BCUT2D eigenvalue weighted by atomic mass is 9.92. The zero-order valence-electron chi connectivity index (χ0n) is 15.1. The average molecular weight is 383 g/mol. The number of ether oxygens (including phenoxy) is 1. The van der Waals surface area contributed by atoms with Gasteiger partial charge >= 0.3 is 6.18 Å². The van der Waals surface area contributed by atoms with E-state index in [9.17, 15) is 18.0 Å². The number of rotatable bonds is 2. The SMILES string of the molecule is C[C@H]1C(=O)NN=C2COc3cc(C(F)(F)F)c(NC4(C)CN(C)C4)cc3N21. The first-order valence-electron chi connectivity index (χ1n) is 8.58. The zero-order valence-corrected chi connectivity index (χ0v) is 15.1. The second-order valence-corrected chi connectivity index (χ2v) is 7.56. The van der Waals surface area contributed by atoms with Crippen LogP contribution in [-0.2, 0) is 11.0 Å². The van der Waals surface area contributed by atoms with E-state index in [0.717, 1.165) is 6.07 Å². The van der Waals surface area contributed by atoms with Crippen molar-refractivity contribution in [2.45, 2.75) is 31.6 Å². The van der Waals surface area contributed by atoms with Gasteiger partial charge in [-0.2, -0.15) is 18.3 Å². The summed E-state index contributed by atoms with van der Waals surface area (Å²) in [5.41, 5.74) is 1.53. The van der Waals surface area contributed by atoms with Gasteiger partial charge in [0, 0.05) is 18.8 Å². The molecule has 7 nitrogen and oxygen atoms in total. The van der Waals surface area contributed by atoms with Gasteiger partial charge in [-0.1, -0.05) is 0 Å². The predicted molar refractivity (Wildman–Crippen MR) is 94.0 cm³/mol. The maximum atomic E-state index is 13.7. The maximum absolute atomic E-state index is 13.7. The Kier molecular flexibility index (Phi) is 3.81. The fraction of sp³-hybridized carbons (Fsp3) is 0.529. The minimum absolute atomic E-state index is 0.00972. The first-order valence-corrected chi connectivity index (χ1v) is 8.58. The highest BCUT2D eigenvalue weighted by Gasteiger charge is 2.43. The molecule has 3 aliphatic heterocycles. The van der Waals surface area contributed by atoms with Crippen LogP contribution in [0.25, 0.3) is 0 Å². The summed E-state index contributed by atoms with van der Waals surface area (Å²) in [6, 6.07) is 1.81. The fourth-order valence-corrected chi connectivity index (χ4v) is 3.96. The highest BCUT2D eigenvalue weighted by atomic mass is 19.4. The molecular weight excluding hydrogens is 363 g/mol. The molecule has 0 spiro atoms. The molecule has 0 aromatic heterocycles. The fourth-order valence-electron chi connectivity index (χ4n) is 3.96. The van der Waals surface area contributed by atoms with Crippen molar-refractivity contribution >= 4 is 23.1 Å². The Morgan fingerprint density at radius 2 is 2.07 bits per heavy atom. The lowest BCUT2D eigenvalue weighted by Gasteiger charge is -2.48. The number of halogens is 3. The van der Waals surface area contributed by atoms with Crippen molar-refractivity contribution < 1.29 is 22.7 Å². The smallest absolute Gasteiger partial charge is 0.418 e. The molecule has 1 aromatic rings. The van der Waals surface area contributed by atoms with Crippen LogP contribution in [0.1, 0.15) is 19.4 Å². The molecule has 0 bridgehead atoms. The van der Waals surface area contributed by atoms with E-state index < -0.39 is 23.3 Å². The monoisotopic (exact) mass is 383 g/mol. The summed E-state index contributed by atoms with van der Waals surface area (Å²) >= 11 is 0. The Labute approximate surface area is 154 Å². The van der Waals surface area contributed by atoms with Crippen molar-refractivity contribution in [1.29, 1.82) is 0 Å². The van der Waals surface area contributed by atoms with Crippen LogP contribution in [-0.4, -0.2) is 55.0 Å². The molecule has 0 saturated carbocycles. The number of fused-ring (bicyclic) bond motifs is 3. The summed E-state index contributed by atoms with van der Waals surface area (Å²) < 4.78 is 46.5. The number of hydrazone groups is 1. The number of nitrogens with one attached hydrogen (secondary N) is 2. The maximum Gasteiger partial charge on any atom is 0.418 e. The van der Waals surface area contributed by atoms with E-state index in [1.54, 1.807) is 11.8 Å². The second-order valence-electron chi connectivity index (χ2n) is 7.56.